The Hall–Kier alpha value is -0.320. The van der Waals surface area contributed by atoms with Crippen molar-refractivity contribution >= 4 is 30.1 Å². The summed E-state index contributed by atoms with van der Waals surface area (Å²) in [4.78, 5) is 2.56. The van der Waals surface area contributed by atoms with E-state index in [1.165, 1.54) is 50.9 Å². The van der Waals surface area contributed by atoms with Crippen LogP contribution in [0.4, 0.5) is 5.69 Å². The lowest BCUT2D eigenvalue weighted by Crippen LogP contribution is -2.26. The van der Waals surface area contributed by atoms with Crippen LogP contribution >= 0.6 is 24.4 Å². The minimum absolute atomic E-state index is 0.853. The molecule has 108 valence electrons. The Morgan fingerprint density at radius 1 is 0.947 bits per heavy atom. The van der Waals surface area contributed by atoms with Crippen LogP contribution in [0.5, 0.6) is 0 Å². The van der Waals surface area contributed by atoms with Crippen LogP contribution in [-0.4, -0.2) is 31.1 Å². The maximum absolute atomic E-state index is 5.22. The molecule has 0 amide bonds. The molecule has 0 bridgehead atoms. The van der Waals surface area contributed by atoms with Crippen molar-refractivity contribution in [2.45, 2.75) is 46.5 Å². The lowest BCUT2D eigenvalue weighted by molar-refractivity contribution is 0.270. The van der Waals surface area contributed by atoms with E-state index in [1.54, 1.807) is 0 Å². The molecule has 0 radical (unpaired) electrons. The molecule has 0 aliphatic carbocycles. The van der Waals surface area contributed by atoms with Gasteiger partial charge in [-0.15, -0.1) is 0 Å². The minimum Gasteiger partial charge on any atom is -0.384 e. The van der Waals surface area contributed by atoms with Crippen molar-refractivity contribution in [3.8, 4) is 0 Å². The zero-order chi connectivity index (χ0) is 14.3. The fraction of sp³-hybridized carbons (Fsp3) is 0.733. The van der Waals surface area contributed by atoms with Gasteiger partial charge in [-0.25, -0.2) is 0 Å². The van der Waals surface area contributed by atoms with E-state index in [2.05, 4.69) is 24.1 Å². The quantitative estimate of drug-likeness (QED) is 0.499. The lowest BCUT2D eigenvalue weighted by Gasteiger charge is -2.21. The van der Waals surface area contributed by atoms with Crippen LogP contribution in [0.15, 0.2) is 0 Å². The summed E-state index contributed by atoms with van der Waals surface area (Å²) in [7, 11) is 0. The summed E-state index contributed by atoms with van der Waals surface area (Å²) in [6.07, 6.45) is 4.93. The summed E-state index contributed by atoms with van der Waals surface area (Å²) in [5.74, 6) is 0. The van der Waals surface area contributed by atoms with Crippen LogP contribution in [-0.2, 0) is 0 Å². The molecule has 0 aliphatic heterocycles. The van der Waals surface area contributed by atoms with Crippen molar-refractivity contribution in [2.75, 3.05) is 31.5 Å². The molecular formula is C15H26N2S2. The largest absolute Gasteiger partial charge is 0.384 e. The van der Waals surface area contributed by atoms with Crippen LogP contribution in [0.25, 0.3) is 0 Å². The highest BCUT2D eigenvalue weighted by Crippen LogP contribution is 2.24. The molecule has 0 saturated heterocycles. The van der Waals surface area contributed by atoms with Gasteiger partial charge in [-0.05, 0) is 57.8 Å². The molecule has 2 nitrogen and oxygen atoms in total. The van der Waals surface area contributed by atoms with Crippen LogP contribution < -0.4 is 5.32 Å². The van der Waals surface area contributed by atoms with Gasteiger partial charge >= 0.3 is 0 Å². The van der Waals surface area contributed by atoms with Gasteiger partial charge in [-0.1, -0.05) is 38.3 Å². The number of unbranched alkanes of at least 4 members (excludes halogenated alkanes) is 1. The second-order valence-corrected chi connectivity index (χ2v) is 5.95. The van der Waals surface area contributed by atoms with Crippen LogP contribution in [0.3, 0.4) is 0 Å². The van der Waals surface area contributed by atoms with Gasteiger partial charge < -0.3 is 10.2 Å². The molecule has 0 fully saturated rings. The van der Waals surface area contributed by atoms with Gasteiger partial charge in [0.2, 0.25) is 0 Å². The van der Waals surface area contributed by atoms with Crippen molar-refractivity contribution in [1.82, 2.24) is 4.90 Å². The maximum Gasteiger partial charge on any atom is 0.0795 e. The second kappa shape index (κ2) is 8.77. The Bertz CT molecular complexity index is 441. The Morgan fingerprint density at radius 2 is 1.58 bits per heavy atom. The number of nitrogens with one attached hydrogen (secondary N) is 1. The van der Waals surface area contributed by atoms with E-state index in [9.17, 15) is 0 Å². The zero-order valence-corrected chi connectivity index (χ0v) is 14.1. The summed E-state index contributed by atoms with van der Waals surface area (Å²) < 4.78 is 1.72. The number of anilines is 1. The summed E-state index contributed by atoms with van der Waals surface area (Å²) in [6.45, 7) is 11.2. The molecule has 0 unspecified atom stereocenters. The van der Waals surface area contributed by atoms with Crippen molar-refractivity contribution in [3.05, 3.63) is 14.6 Å². The maximum atomic E-state index is 5.22. The Morgan fingerprint density at radius 3 is 2.11 bits per heavy atom. The molecule has 0 heterocycles. The molecule has 4 heteroatoms. The fourth-order valence-corrected chi connectivity index (χ4v) is 2.94. The highest BCUT2D eigenvalue weighted by molar-refractivity contribution is 7.74. The molecule has 19 heavy (non-hydrogen) atoms. The van der Waals surface area contributed by atoms with Crippen molar-refractivity contribution < 1.29 is 0 Å². The first kappa shape index (κ1) is 16.7. The van der Waals surface area contributed by atoms with E-state index in [4.69, 9.17) is 24.4 Å². The minimum atomic E-state index is 0.853. The first-order chi connectivity index (χ1) is 9.11. The lowest BCUT2D eigenvalue weighted by atomic mass is 10.1. The summed E-state index contributed by atoms with van der Waals surface area (Å²) in [5.41, 5.74) is 2.28. The molecule has 0 atom stereocenters. The molecule has 0 aliphatic rings. The highest BCUT2D eigenvalue weighted by Gasteiger charge is 2.09. The third-order valence-electron chi connectivity index (χ3n) is 3.43. The van der Waals surface area contributed by atoms with E-state index in [1.807, 2.05) is 6.92 Å². The third-order valence-corrected chi connectivity index (χ3v) is 4.48. The van der Waals surface area contributed by atoms with Gasteiger partial charge in [0.05, 0.1) is 14.7 Å². The molecule has 0 spiro atoms. The Kier molecular flexibility index (Phi) is 7.73. The predicted octanol–water partition coefficient (Wildman–Crippen LogP) is 4.64. The Labute approximate surface area is 127 Å². The number of hydrogen-bond acceptors (Lipinski definition) is 4. The SMILES string of the molecule is CCCN(CCC)CCCCNc1c(C)c(=S)c1=S. The van der Waals surface area contributed by atoms with Crippen molar-refractivity contribution in [2.24, 2.45) is 0 Å². The number of nitrogens with zero attached hydrogens (tertiary/aromatic N) is 1. The molecule has 0 aromatic heterocycles. The molecule has 1 rings (SSSR count). The predicted molar refractivity (Wildman–Crippen MR) is 90.0 cm³/mol. The monoisotopic (exact) mass is 298 g/mol. The van der Waals surface area contributed by atoms with Gasteiger partial charge in [0.25, 0.3) is 0 Å². The highest BCUT2D eigenvalue weighted by atomic mass is 32.1. The molecular weight excluding hydrogens is 272 g/mol. The van der Waals surface area contributed by atoms with Gasteiger partial charge in [0.15, 0.2) is 0 Å². The van der Waals surface area contributed by atoms with E-state index in [-0.39, 0.29) is 0 Å². The average Bonchev–Trinajstić information content (AvgIpc) is 2.42. The summed E-state index contributed by atoms with van der Waals surface area (Å²) >= 11 is 10.4. The van der Waals surface area contributed by atoms with Crippen molar-refractivity contribution in [1.29, 1.82) is 0 Å². The topological polar surface area (TPSA) is 15.3 Å². The summed E-state index contributed by atoms with van der Waals surface area (Å²) in [5, 5.41) is 3.42. The number of hydrogen-bond donors (Lipinski definition) is 1. The van der Waals surface area contributed by atoms with E-state index >= 15 is 0 Å². The molecule has 1 aromatic carbocycles. The van der Waals surface area contributed by atoms with E-state index in [0.717, 1.165) is 21.3 Å². The van der Waals surface area contributed by atoms with Crippen LogP contribution in [0.2, 0.25) is 0 Å². The standard InChI is InChI=1S/C15H26N2S2/c1-4-9-17(10-5-2)11-7-6-8-16-13-12(3)14(18)15(13)19/h16H,4-11H2,1-3H3. The van der Waals surface area contributed by atoms with Gasteiger partial charge in [0.1, 0.15) is 0 Å². The van der Waals surface area contributed by atoms with E-state index in [0.29, 0.717) is 0 Å². The van der Waals surface area contributed by atoms with E-state index < -0.39 is 0 Å². The third kappa shape index (κ3) is 4.93. The van der Waals surface area contributed by atoms with Gasteiger partial charge in [-0.3, -0.25) is 0 Å². The van der Waals surface area contributed by atoms with Gasteiger partial charge in [-0.2, -0.15) is 0 Å². The summed E-state index contributed by atoms with van der Waals surface area (Å²) in [6, 6.07) is 0. The first-order valence-corrected chi connectivity index (χ1v) is 8.19. The first-order valence-electron chi connectivity index (χ1n) is 7.37. The van der Waals surface area contributed by atoms with Crippen molar-refractivity contribution in [3.63, 3.8) is 0 Å². The van der Waals surface area contributed by atoms with Gasteiger partial charge in [0, 0.05) is 6.54 Å². The smallest absolute Gasteiger partial charge is 0.0795 e. The zero-order valence-electron chi connectivity index (χ0n) is 12.4. The van der Waals surface area contributed by atoms with Crippen LogP contribution in [0, 0.1) is 15.9 Å². The number of rotatable bonds is 10. The Balaban J connectivity index is 2.17. The average molecular weight is 299 g/mol. The van der Waals surface area contributed by atoms with Crippen LogP contribution in [0.1, 0.15) is 45.1 Å². The normalized spacial score (nSPS) is 11.4. The molecule has 1 aromatic rings. The molecule has 0 saturated carbocycles. The fourth-order valence-electron chi connectivity index (χ4n) is 2.36. The molecule has 1 N–H and O–H groups in total. The second-order valence-electron chi connectivity index (χ2n) is 5.13.